The average molecular weight is 399 g/mol. The summed E-state index contributed by atoms with van der Waals surface area (Å²) in [6, 6.07) is 0. The summed E-state index contributed by atoms with van der Waals surface area (Å²) in [5, 5.41) is 6.11. The molecule has 0 aliphatic rings. The van der Waals surface area contributed by atoms with Crippen LogP contribution in [0.5, 0.6) is 0 Å². The molecule has 0 N–H and O–H groups in total. The third-order valence-corrected chi connectivity index (χ3v) is 10.9. The summed E-state index contributed by atoms with van der Waals surface area (Å²) in [5.41, 5.74) is 0. The van der Waals surface area contributed by atoms with E-state index in [4.69, 9.17) is 0 Å². The number of rotatable bonds is 16. The number of unbranched alkanes of at least 4 members (excludes halogenated alkanes) is 2. The fourth-order valence-corrected chi connectivity index (χ4v) is 6.80. The first-order valence-electron chi connectivity index (χ1n) is 11.9. The second-order valence-corrected chi connectivity index (χ2v) is 15.4. The average Bonchev–Trinajstić information content (AvgIpc) is 2.65. The number of hydrogen-bond acceptors (Lipinski definition) is 2. The molecule has 0 aromatic carbocycles. The second kappa shape index (κ2) is 22.3. The van der Waals surface area contributed by atoms with Crippen LogP contribution in [-0.2, 0) is 0 Å². The predicted molar refractivity (Wildman–Crippen MR) is 128 cm³/mol. The van der Waals surface area contributed by atoms with E-state index in [0.29, 0.717) is 0 Å². The van der Waals surface area contributed by atoms with Gasteiger partial charge >= 0.3 is 0 Å². The van der Waals surface area contributed by atoms with Crippen molar-refractivity contribution < 1.29 is 0 Å². The fraction of sp³-hybridized carbons (Fsp3) is 1.00. The number of nitrogens with zero attached hydrogens (tertiary/aromatic N) is 2. The Morgan fingerprint density at radius 2 is 0.923 bits per heavy atom. The molecule has 4 heteroatoms. The van der Waals surface area contributed by atoms with Crippen LogP contribution in [0.3, 0.4) is 0 Å². The zero-order chi connectivity index (χ0) is 20.2. The van der Waals surface area contributed by atoms with Crippen LogP contribution in [0.1, 0.15) is 67.2 Å². The lowest BCUT2D eigenvalue weighted by Gasteiger charge is -2.17. The van der Waals surface area contributed by atoms with Gasteiger partial charge in [-0.2, -0.15) is 0 Å². The first-order valence-corrected chi connectivity index (χ1v) is 17.5. The van der Waals surface area contributed by atoms with Gasteiger partial charge in [-0.25, -0.2) is 0 Å². The molecule has 0 atom stereocenters. The molecule has 0 amide bonds. The summed E-state index contributed by atoms with van der Waals surface area (Å²) in [5.74, 6) is 4.88. The van der Waals surface area contributed by atoms with Crippen molar-refractivity contribution in [3.63, 3.8) is 0 Å². The monoisotopic (exact) mass is 398 g/mol. The van der Waals surface area contributed by atoms with Gasteiger partial charge in [-0.15, -0.1) is 11.6 Å². The Bertz CT molecular complexity index is 237. The highest BCUT2D eigenvalue weighted by Crippen LogP contribution is 2.09. The summed E-state index contributed by atoms with van der Waals surface area (Å²) in [4.78, 5) is 5.05. The molecular formula is C22H52Al2N2. The molecule has 0 heterocycles. The molecule has 0 spiro atoms. The normalized spacial score (nSPS) is 10.8. The largest absolute Gasteiger partial charge is 0.304 e. The topological polar surface area (TPSA) is 6.48 Å². The lowest BCUT2D eigenvalue weighted by atomic mass is 10.3. The van der Waals surface area contributed by atoms with Gasteiger partial charge in [0.1, 0.15) is 0 Å². The smallest absolute Gasteiger partial charge is 0.261 e. The molecule has 0 radical (unpaired) electrons. The SMILES string of the molecule is CCN(CC)CCC[CH2][Al]([CH2]C)[CH2]C.CCN(CC)CCC[CH2][Al]([CH3])[CH3]. The van der Waals surface area contributed by atoms with Gasteiger partial charge in [0, 0.05) is 0 Å². The molecule has 0 saturated heterocycles. The summed E-state index contributed by atoms with van der Waals surface area (Å²) in [7, 11) is 0. The lowest BCUT2D eigenvalue weighted by molar-refractivity contribution is 0.298. The van der Waals surface area contributed by atoms with E-state index >= 15 is 0 Å². The molecule has 26 heavy (non-hydrogen) atoms. The third-order valence-electron chi connectivity index (χ3n) is 5.79. The predicted octanol–water partition coefficient (Wildman–Crippen LogP) is 6.51. The van der Waals surface area contributed by atoms with Gasteiger partial charge in [0.2, 0.25) is 0 Å². The third kappa shape index (κ3) is 19.7. The number of hydrogen-bond donors (Lipinski definition) is 0. The Balaban J connectivity index is 0. The van der Waals surface area contributed by atoms with Crippen LogP contribution >= 0.6 is 0 Å². The van der Waals surface area contributed by atoms with Gasteiger partial charge in [-0.05, 0) is 52.1 Å². The van der Waals surface area contributed by atoms with E-state index in [1.807, 2.05) is 0 Å². The maximum absolute atomic E-state index is 2.54. The van der Waals surface area contributed by atoms with E-state index in [0.717, 1.165) is 0 Å². The molecule has 0 rings (SSSR count). The van der Waals surface area contributed by atoms with Crippen LogP contribution in [-0.4, -0.2) is 77.4 Å². The lowest BCUT2D eigenvalue weighted by Crippen LogP contribution is -2.24. The molecule has 0 saturated carbocycles. The molecule has 0 fully saturated rings. The van der Waals surface area contributed by atoms with Crippen LogP contribution in [0.4, 0.5) is 0 Å². The molecule has 0 aliphatic carbocycles. The molecule has 0 aromatic heterocycles. The van der Waals surface area contributed by atoms with Crippen LogP contribution < -0.4 is 0 Å². The van der Waals surface area contributed by atoms with Gasteiger partial charge in [0.15, 0.2) is 0 Å². The standard InChI is InChI=1S/2C8H18N.2C2H5.2CH3.2Al/c2*1-4-7-8-9(5-2)6-3;2*1-2;;;;/h2*1,4-8H2,2-3H3;2*1H2,2H3;2*1H3;;. The molecule has 0 bridgehead atoms. The van der Waals surface area contributed by atoms with Crippen molar-refractivity contribution in [3.05, 3.63) is 0 Å². The minimum Gasteiger partial charge on any atom is -0.304 e. The summed E-state index contributed by atoms with van der Waals surface area (Å²) < 4.78 is 0. The fourth-order valence-electron chi connectivity index (χ4n) is 3.43. The zero-order valence-corrected chi connectivity index (χ0v) is 22.3. The summed E-state index contributed by atoms with van der Waals surface area (Å²) in [6.07, 6.45) is 5.77. The van der Waals surface area contributed by atoms with Crippen LogP contribution in [0.15, 0.2) is 0 Å². The van der Waals surface area contributed by atoms with Gasteiger partial charge in [-0.1, -0.05) is 75.5 Å². The van der Waals surface area contributed by atoms with Crippen LogP contribution in [0.25, 0.3) is 0 Å². The molecule has 0 unspecified atom stereocenters. The van der Waals surface area contributed by atoms with Crippen molar-refractivity contribution in [2.45, 2.75) is 99.9 Å². The maximum Gasteiger partial charge on any atom is 0.261 e. The van der Waals surface area contributed by atoms with Crippen molar-refractivity contribution in [3.8, 4) is 0 Å². The zero-order valence-electron chi connectivity index (χ0n) is 19.9. The Morgan fingerprint density at radius 3 is 1.23 bits per heavy atom. The quantitative estimate of drug-likeness (QED) is 0.216. The van der Waals surface area contributed by atoms with Crippen LogP contribution in [0, 0.1) is 0 Å². The van der Waals surface area contributed by atoms with Crippen molar-refractivity contribution >= 4 is 28.3 Å². The Hall–Kier alpha value is 0.985. The van der Waals surface area contributed by atoms with Gasteiger partial charge in [0.05, 0.1) is 0 Å². The highest BCUT2D eigenvalue weighted by Gasteiger charge is 2.10. The van der Waals surface area contributed by atoms with E-state index in [-0.39, 0.29) is 28.3 Å². The van der Waals surface area contributed by atoms with E-state index in [2.05, 4.69) is 62.9 Å². The molecule has 2 nitrogen and oxygen atoms in total. The summed E-state index contributed by atoms with van der Waals surface area (Å²) >= 11 is -0.561. The van der Waals surface area contributed by atoms with Crippen LogP contribution in [0.2, 0.25) is 32.7 Å². The first-order chi connectivity index (χ1) is 12.5. The second-order valence-electron chi connectivity index (χ2n) is 8.12. The van der Waals surface area contributed by atoms with E-state index < -0.39 is 0 Å². The van der Waals surface area contributed by atoms with Crippen molar-refractivity contribution in [2.24, 2.45) is 0 Å². The van der Waals surface area contributed by atoms with Crippen molar-refractivity contribution in [2.75, 3.05) is 39.3 Å². The van der Waals surface area contributed by atoms with Gasteiger partial charge in [0.25, 0.3) is 28.3 Å². The maximum atomic E-state index is 2.54. The molecule has 0 aromatic rings. The Labute approximate surface area is 176 Å². The highest BCUT2D eigenvalue weighted by molar-refractivity contribution is 6.58. The minimum absolute atomic E-state index is 0.270. The highest BCUT2D eigenvalue weighted by atomic mass is 27.2. The van der Waals surface area contributed by atoms with E-state index in [1.165, 1.54) is 80.8 Å². The van der Waals surface area contributed by atoms with E-state index in [1.54, 1.807) is 5.28 Å². The van der Waals surface area contributed by atoms with Gasteiger partial charge < -0.3 is 9.80 Å². The first kappa shape index (κ1) is 29.2. The van der Waals surface area contributed by atoms with E-state index in [9.17, 15) is 0 Å². The molecule has 156 valence electrons. The molecule has 0 aliphatic heterocycles. The Kier molecular flexibility index (Phi) is 25.0. The summed E-state index contributed by atoms with van der Waals surface area (Å²) in [6.45, 7) is 21.3. The molecular weight excluding hydrogens is 346 g/mol. The van der Waals surface area contributed by atoms with Crippen molar-refractivity contribution in [1.29, 1.82) is 0 Å². The Morgan fingerprint density at radius 1 is 0.538 bits per heavy atom. The van der Waals surface area contributed by atoms with Crippen molar-refractivity contribution in [1.82, 2.24) is 9.80 Å². The minimum atomic E-state index is -0.291. The van der Waals surface area contributed by atoms with Gasteiger partial charge in [-0.3, -0.25) is 0 Å².